The number of carbonyl (C=O) groups is 2. The number of hydrogen-bond donors (Lipinski definition) is 1. The predicted molar refractivity (Wildman–Crippen MR) is 159 cm³/mol. The van der Waals surface area contributed by atoms with E-state index in [0.717, 1.165) is 32.4 Å². The van der Waals surface area contributed by atoms with E-state index in [-0.39, 0.29) is 11.3 Å². The van der Waals surface area contributed by atoms with Crippen LogP contribution in [0.1, 0.15) is 70.0 Å². The van der Waals surface area contributed by atoms with Crippen LogP contribution in [0.2, 0.25) is 0 Å². The van der Waals surface area contributed by atoms with Crippen LogP contribution < -0.4 is 9.47 Å². The van der Waals surface area contributed by atoms with Gasteiger partial charge in [-0.25, -0.2) is 4.98 Å². The Morgan fingerprint density at radius 1 is 1.02 bits per heavy atom. The number of likely N-dealkylation sites (tertiary alicyclic amines) is 1. The van der Waals surface area contributed by atoms with Crippen LogP contribution >= 0.6 is 0 Å². The molecule has 1 fully saturated rings. The van der Waals surface area contributed by atoms with Crippen LogP contribution in [0.4, 0.5) is 0 Å². The van der Waals surface area contributed by atoms with Gasteiger partial charge in [0, 0.05) is 19.3 Å². The predicted octanol–water partition coefficient (Wildman–Crippen LogP) is 5.37. The zero-order chi connectivity index (χ0) is 29.5. The maximum Gasteiger partial charge on any atom is 0.295 e. The maximum absolute atomic E-state index is 13.6. The molecule has 0 radical (unpaired) electrons. The van der Waals surface area contributed by atoms with Gasteiger partial charge >= 0.3 is 0 Å². The van der Waals surface area contributed by atoms with Gasteiger partial charge in [0.15, 0.2) is 17.3 Å². The van der Waals surface area contributed by atoms with Crippen LogP contribution in [0.3, 0.4) is 0 Å². The third-order valence-corrected chi connectivity index (χ3v) is 7.61. The molecule has 1 atom stereocenters. The monoisotopic (exact) mass is 562 g/mol. The Hall–Kier alpha value is -3.85. The fraction of sp³-hybridized carbons (Fsp3) is 0.469. The molecule has 41 heavy (non-hydrogen) atoms. The van der Waals surface area contributed by atoms with Gasteiger partial charge in [-0.3, -0.25) is 14.0 Å². The van der Waals surface area contributed by atoms with E-state index in [1.165, 1.54) is 0 Å². The van der Waals surface area contributed by atoms with Crippen molar-refractivity contribution in [1.82, 2.24) is 19.2 Å². The first-order chi connectivity index (χ1) is 19.9. The Kier molecular flexibility index (Phi) is 10.0. The Morgan fingerprint density at radius 3 is 2.51 bits per heavy atom. The SMILES string of the molecule is CCCCCOc1ccc(C2/C(=C(\O)c3c(C)nc4ccccn34)C(=O)C(=O)N2CCN(CC)CC)cc1OCC. The molecular formula is C32H42N4O5. The first kappa shape index (κ1) is 30.1. The second-order valence-corrected chi connectivity index (χ2v) is 10.2. The highest BCUT2D eigenvalue weighted by atomic mass is 16.5. The lowest BCUT2D eigenvalue weighted by Gasteiger charge is -2.28. The highest BCUT2D eigenvalue weighted by Crippen LogP contribution is 2.42. The summed E-state index contributed by atoms with van der Waals surface area (Å²) in [5.74, 6) is -0.429. The van der Waals surface area contributed by atoms with Gasteiger partial charge in [0.05, 0.1) is 30.5 Å². The minimum absolute atomic E-state index is 0.0439. The summed E-state index contributed by atoms with van der Waals surface area (Å²) in [5, 5.41) is 11.7. The third-order valence-electron chi connectivity index (χ3n) is 7.61. The topological polar surface area (TPSA) is 96.6 Å². The lowest BCUT2D eigenvalue weighted by atomic mass is 9.96. The molecule has 1 saturated heterocycles. The molecule has 1 unspecified atom stereocenters. The molecular weight excluding hydrogens is 520 g/mol. The number of aliphatic hydroxyl groups excluding tert-OH is 1. The van der Waals surface area contributed by atoms with Crippen molar-refractivity contribution in [3.8, 4) is 11.5 Å². The normalized spacial score (nSPS) is 16.7. The van der Waals surface area contributed by atoms with Gasteiger partial charge in [-0.1, -0.05) is 45.7 Å². The Labute approximate surface area is 242 Å². The van der Waals surface area contributed by atoms with Crippen LogP contribution in [0.25, 0.3) is 11.4 Å². The molecule has 0 spiro atoms. The van der Waals surface area contributed by atoms with Crippen LogP contribution in [-0.2, 0) is 9.59 Å². The van der Waals surface area contributed by atoms with E-state index in [9.17, 15) is 14.7 Å². The molecule has 9 nitrogen and oxygen atoms in total. The average Bonchev–Trinajstić information content (AvgIpc) is 3.44. The number of unbranched alkanes of at least 4 members (excludes halogenated alkanes) is 2. The van der Waals surface area contributed by atoms with Gasteiger partial charge < -0.3 is 24.4 Å². The number of carbonyl (C=O) groups excluding carboxylic acids is 2. The number of ether oxygens (including phenoxy) is 2. The Bertz CT molecular complexity index is 1410. The van der Waals surface area contributed by atoms with Crippen molar-refractivity contribution in [3.05, 3.63) is 65.1 Å². The minimum atomic E-state index is -0.799. The number of pyridine rings is 1. The molecule has 4 rings (SSSR count). The van der Waals surface area contributed by atoms with Gasteiger partial charge in [0.2, 0.25) is 0 Å². The third kappa shape index (κ3) is 6.25. The fourth-order valence-electron chi connectivity index (χ4n) is 5.39. The van der Waals surface area contributed by atoms with Crippen LogP contribution in [0.5, 0.6) is 11.5 Å². The van der Waals surface area contributed by atoms with Crippen molar-refractivity contribution in [3.63, 3.8) is 0 Å². The number of benzene rings is 1. The molecule has 1 amide bonds. The molecule has 3 aromatic rings. The summed E-state index contributed by atoms with van der Waals surface area (Å²) in [6.45, 7) is 13.5. The summed E-state index contributed by atoms with van der Waals surface area (Å²) < 4.78 is 13.7. The summed E-state index contributed by atoms with van der Waals surface area (Å²) in [6, 6.07) is 10.2. The number of aromatic nitrogens is 2. The van der Waals surface area contributed by atoms with Crippen molar-refractivity contribution < 1.29 is 24.2 Å². The summed E-state index contributed by atoms with van der Waals surface area (Å²) in [5.41, 5.74) is 2.31. The molecule has 3 heterocycles. The Morgan fingerprint density at radius 2 is 1.80 bits per heavy atom. The quantitative estimate of drug-likeness (QED) is 0.122. The van der Waals surface area contributed by atoms with Gasteiger partial charge in [-0.2, -0.15) is 0 Å². The summed E-state index contributed by atoms with van der Waals surface area (Å²) in [4.78, 5) is 35.5. The standard InChI is InChI=1S/C32H42N4O5/c1-6-10-13-20-41-24-16-15-23(21-25(24)40-9-4)29-27(31(38)32(39)36(29)19-18-34(7-2)8-3)30(37)28-22(5)33-26-14-11-12-17-35(26)28/h11-12,14-17,21,29,37H,6-10,13,18-20H2,1-5H3/b30-27+. The first-order valence-electron chi connectivity index (χ1n) is 14.7. The molecule has 1 aromatic carbocycles. The zero-order valence-corrected chi connectivity index (χ0v) is 24.9. The lowest BCUT2D eigenvalue weighted by molar-refractivity contribution is -0.140. The molecule has 1 aliphatic heterocycles. The smallest absolute Gasteiger partial charge is 0.295 e. The van der Waals surface area contributed by atoms with Crippen molar-refractivity contribution in [2.24, 2.45) is 0 Å². The van der Waals surface area contributed by atoms with E-state index in [0.29, 0.717) is 60.4 Å². The molecule has 2 aromatic heterocycles. The second-order valence-electron chi connectivity index (χ2n) is 10.2. The van der Waals surface area contributed by atoms with E-state index in [2.05, 4.69) is 30.7 Å². The molecule has 1 N–H and O–H groups in total. The largest absolute Gasteiger partial charge is 0.505 e. The number of aliphatic hydroxyl groups is 1. The highest BCUT2D eigenvalue weighted by Gasteiger charge is 2.46. The van der Waals surface area contributed by atoms with Crippen molar-refractivity contribution >= 4 is 23.1 Å². The van der Waals surface area contributed by atoms with Gasteiger partial charge in [-0.15, -0.1) is 0 Å². The van der Waals surface area contributed by atoms with E-state index in [1.54, 1.807) is 22.4 Å². The number of aryl methyl sites for hydroxylation is 1. The number of likely N-dealkylation sites (N-methyl/N-ethyl adjacent to an activating group) is 1. The minimum Gasteiger partial charge on any atom is -0.505 e. The summed E-state index contributed by atoms with van der Waals surface area (Å²) in [6.07, 6.45) is 4.89. The van der Waals surface area contributed by atoms with Gasteiger partial charge in [-0.05, 0) is 63.2 Å². The lowest BCUT2D eigenvalue weighted by Crippen LogP contribution is -2.38. The van der Waals surface area contributed by atoms with Crippen LogP contribution in [0, 0.1) is 6.92 Å². The zero-order valence-electron chi connectivity index (χ0n) is 24.9. The average molecular weight is 563 g/mol. The number of amides is 1. The second kappa shape index (κ2) is 13.7. The number of rotatable bonds is 14. The summed E-state index contributed by atoms with van der Waals surface area (Å²) in [7, 11) is 0. The van der Waals surface area contributed by atoms with Crippen molar-refractivity contribution in [1.29, 1.82) is 0 Å². The molecule has 9 heteroatoms. The molecule has 220 valence electrons. The highest BCUT2D eigenvalue weighted by molar-refractivity contribution is 6.46. The number of nitrogens with zero attached hydrogens (tertiary/aromatic N) is 4. The number of fused-ring (bicyclic) bond motifs is 1. The molecule has 1 aliphatic rings. The first-order valence-corrected chi connectivity index (χ1v) is 14.7. The number of hydrogen-bond acceptors (Lipinski definition) is 7. The number of Topliss-reactive ketones (excluding diaryl/α,β-unsaturated/α-hetero) is 1. The Balaban J connectivity index is 1.84. The molecule has 0 saturated carbocycles. The van der Waals surface area contributed by atoms with Gasteiger partial charge in [0.25, 0.3) is 11.7 Å². The number of ketones is 1. The van der Waals surface area contributed by atoms with E-state index in [1.807, 2.05) is 43.3 Å². The van der Waals surface area contributed by atoms with E-state index in [4.69, 9.17) is 9.47 Å². The fourth-order valence-corrected chi connectivity index (χ4v) is 5.39. The van der Waals surface area contributed by atoms with Gasteiger partial charge in [0.1, 0.15) is 11.3 Å². The summed E-state index contributed by atoms with van der Waals surface area (Å²) >= 11 is 0. The maximum atomic E-state index is 13.6. The number of imidazole rings is 1. The van der Waals surface area contributed by atoms with Crippen molar-refractivity contribution in [2.75, 3.05) is 39.4 Å². The molecule has 0 bridgehead atoms. The van der Waals surface area contributed by atoms with E-state index < -0.39 is 17.7 Å². The van der Waals surface area contributed by atoms with Crippen molar-refractivity contribution in [2.45, 2.75) is 59.9 Å². The molecule has 0 aliphatic carbocycles. The van der Waals surface area contributed by atoms with E-state index >= 15 is 0 Å². The van der Waals surface area contributed by atoms with Crippen LogP contribution in [-0.4, -0.2) is 75.4 Å². The van der Waals surface area contributed by atoms with Crippen LogP contribution in [0.15, 0.2) is 48.2 Å².